The average molecular weight is 283 g/mol. The Morgan fingerprint density at radius 2 is 2.15 bits per heavy atom. The minimum Gasteiger partial charge on any atom is -0.374 e. The number of rotatable bonds is 5. The van der Waals surface area contributed by atoms with Gasteiger partial charge in [-0.05, 0) is 50.8 Å². The van der Waals surface area contributed by atoms with Gasteiger partial charge in [0.05, 0.1) is 5.60 Å². The van der Waals surface area contributed by atoms with Crippen LogP contribution in [0.25, 0.3) is 0 Å². The Morgan fingerprint density at radius 3 is 2.75 bits per heavy atom. The van der Waals surface area contributed by atoms with Crippen molar-refractivity contribution in [1.82, 2.24) is 5.32 Å². The number of halogens is 2. The Labute approximate surface area is 119 Å². The second-order valence-corrected chi connectivity index (χ2v) is 5.67. The van der Waals surface area contributed by atoms with Crippen molar-refractivity contribution >= 4 is 0 Å². The third-order valence-corrected chi connectivity index (χ3v) is 4.13. The summed E-state index contributed by atoms with van der Waals surface area (Å²) >= 11 is 0. The molecule has 1 N–H and O–H groups in total. The molecule has 0 spiro atoms. The van der Waals surface area contributed by atoms with Gasteiger partial charge in [-0.25, -0.2) is 8.78 Å². The average Bonchev–Trinajstić information content (AvgIpc) is 2.42. The molecule has 1 fully saturated rings. The van der Waals surface area contributed by atoms with Gasteiger partial charge in [-0.1, -0.05) is 13.0 Å². The van der Waals surface area contributed by atoms with Crippen LogP contribution in [0.1, 0.15) is 38.7 Å². The first-order valence-corrected chi connectivity index (χ1v) is 7.36. The molecule has 112 valence electrons. The van der Waals surface area contributed by atoms with E-state index in [9.17, 15) is 8.78 Å². The van der Waals surface area contributed by atoms with E-state index in [1.807, 2.05) is 6.92 Å². The summed E-state index contributed by atoms with van der Waals surface area (Å²) in [5, 5.41) is 3.40. The van der Waals surface area contributed by atoms with Crippen molar-refractivity contribution in [2.75, 3.05) is 13.2 Å². The fraction of sp³-hybridized carbons (Fsp3) is 0.625. The zero-order valence-corrected chi connectivity index (χ0v) is 12.2. The van der Waals surface area contributed by atoms with E-state index in [2.05, 4.69) is 12.2 Å². The molecule has 0 aromatic heterocycles. The molecule has 0 amide bonds. The zero-order chi connectivity index (χ0) is 14.6. The summed E-state index contributed by atoms with van der Waals surface area (Å²) in [7, 11) is 0. The second kappa shape index (κ2) is 6.64. The van der Waals surface area contributed by atoms with E-state index in [1.165, 1.54) is 12.1 Å². The molecule has 1 aliphatic rings. The number of hydrogen-bond donors (Lipinski definition) is 1. The highest BCUT2D eigenvalue weighted by Crippen LogP contribution is 2.30. The van der Waals surface area contributed by atoms with Crippen LogP contribution in [0.5, 0.6) is 0 Å². The Bertz CT molecular complexity index is 444. The summed E-state index contributed by atoms with van der Waals surface area (Å²) in [6.07, 6.45) is 3.69. The molecular formula is C16H23F2NO. The molecular weight excluding hydrogens is 260 g/mol. The molecule has 1 aliphatic heterocycles. The van der Waals surface area contributed by atoms with E-state index in [0.29, 0.717) is 12.0 Å². The number of ether oxygens (including phenoxy) is 1. The van der Waals surface area contributed by atoms with Crippen molar-refractivity contribution in [3.05, 3.63) is 35.4 Å². The van der Waals surface area contributed by atoms with Crippen molar-refractivity contribution in [3.63, 3.8) is 0 Å². The largest absolute Gasteiger partial charge is 0.374 e. The highest BCUT2D eigenvalue weighted by atomic mass is 19.1. The summed E-state index contributed by atoms with van der Waals surface area (Å²) in [5.41, 5.74) is 0.252. The first kappa shape index (κ1) is 15.4. The van der Waals surface area contributed by atoms with Gasteiger partial charge in [0.1, 0.15) is 11.6 Å². The smallest absolute Gasteiger partial charge is 0.129 e. The van der Waals surface area contributed by atoms with Crippen LogP contribution in [0, 0.1) is 11.6 Å². The molecule has 1 saturated heterocycles. The highest BCUT2D eigenvalue weighted by molar-refractivity contribution is 5.20. The van der Waals surface area contributed by atoms with Gasteiger partial charge >= 0.3 is 0 Å². The number of nitrogens with one attached hydrogen (secondary N) is 1. The van der Waals surface area contributed by atoms with Crippen LogP contribution in [0.4, 0.5) is 8.78 Å². The van der Waals surface area contributed by atoms with Crippen molar-refractivity contribution in [1.29, 1.82) is 0 Å². The summed E-state index contributed by atoms with van der Waals surface area (Å²) in [6, 6.07) is 3.82. The van der Waals surface area contributed by atoms with Crippen LogP contribution in [0.15, 0.2) is 18.2 Å². The van der Waals surface area contributed by atoms with E-state index < -0.39 is 11.6 Å². The maximum absolute atomic E-state index is 13.8. The first-order valence-electron chi connectivity index (χ1n) is 7.36. The minimum atomic E-state index is -0.536. The second-order valence-electron chi connectivity index (χ2n) is 5.67. The molecule has 0 bridgehead atoms. The monoisotopic (exact) mass is 283 g/mol. The van der Waals surface area contributed by atoms with Crippen LogP contribution < -0.4 is 5.32 Å². The molecule has 2 rings (SSSR count). The van der Waals surface area contributed by atoms with Crippen LogP contribution >= 0.6 is 0 Å². The lowest BCUT2D eigenvalue weighted by Crippen LogP contribution is -2.53. The molecule has 0 aliphatic carbocycles. The fourth-order valence-electron chi connectivity index (χ4n) is 2.89. The van der Waals surface area contributed by atoms with E-state index in [-0.39, 0.29) is 11.6 Å². The molecule has 2 nitrogen and oxygen atoms in total. The lowest BCUT2D eigenvalue weighted by Gasteiger charge is -2.41. The van der Waals surface area contributed by atoms with Crippen molar-refractivity contribution in [2.45, 2.75) is 51.2 Å². The van der Waals surface area contributed by atoms with Gasteiger partial charge in [0, 0.05) is 18.7 Å². The molecule has 2 unspecified atom stereocenters. The fourth-order valence-corrected chi connectivity index (χ4v) is 2.89. The predicted octanol–water partition coefficient (Wildman–Crippen LogP) is 3.44. The predicted molar refractivity (Wildman–Crippen MR) is 75.7 cm³/mol. The van der Waals surface area contributed by atoms with Gasteiger partial charge in [-0.15, -0.1) is 0 Å². The van der Waals surface area contributed by atoms with Gasteiger partial charge in [0.25, 0.3) is 0 Å². The van der Waals surface area contributed by atoms with Crippen LogP contribution in [0.3, 0.4) is 0 Å². The summed E-state index contributed by atoms with van der Waals surface area (Å²) in [4.78, 5) is 0. The van der Waals surface area contributed by atoms with E-state index in [4.69, 9.17) is 4.74 Å². The lowest BCUT2D eigenvalue weighted by atomic mass is 9.84. The number of hydrogen-bond acceptors (Lipinski definition) is 2. The number of likely N-dealkylation sites (N-methyl/N-ethyl adjacent to an activating group) is 1. The third-order valence-electron chi connectivity index (χ3n) is 4.13. The number of benzene rings is 1. The standard InChI is InChI=1S/C16H23F2NO/c1-3-19-15(16(2)8-4-5-9-20-16)10-12-6-7-13(17)11-14(12)18/h6-7,11,15,19H,3-5,8-10H2,1-2H3. The SMILES string of the molecule is CCNC(Cc1ccc(F)cc1F)C1(C)CCCCO1. The van der Waals surface area contributed by atoms with Gasteiger partial charge in [-0.3, -0.25) is 0 Å². The van der Waals surface area contributed by atoms with Crippen LogP contribution in [-0.2, 0) is 11.2 Å². The minimum absolute atomic E-state index is 0.0350. The molecule has 4 heteroatoms. The molecule has 0 radical (unpaired) electrons. The van der Waals surface area contributed by atoms with Gasteiger partial charge < -0.3 is 10.1 Å². The van der Waals surface area contributed by atoms with E-state index in [0.717, 1.165) is 38.5 Å². The van der Waals surface area contributed by atoms with Gasteiger partial charge in [0.2, 0.25) is 0 Å². The third kappa shape index (κ3) is 3.55. The van der Waals surface area contributed by atoms with E-state index >= 15 is 0 Å². The molecule has 1 aromatic carbocycles. The van der Waals surface area contributed by atoms with Crippen LogP contribution in [-0.4, -0.2) is 24.8 Å². The van der Waals surface area contributed by atoms with Crippen molar-refractivity contribution in [3.8, 4) is 0 Å². The quantitative estimate of drug-likeness (QED) is 0.893. The van der Waals surface area contributed by atoms with E-state index in [1.54, 1.807) is 0 Å². The molecule has 1 aromatic rings. The van der Waals surface area contributed by atoms with Gasteiger partial charge in [0.15, 0.2) is 0 Å². The molecule has 1 heterocycles. The molecule has 2 atom stereocenters. The lowest BCUT2D eigenvalue weighted by molar-refractivity contribution is -0.0882. The summed E-state index contributed by atoms with van der Waals surface area (Å²) in [6.45, 7) is 5.66. The Hall–Kier alpha value is -1.00. The maximum Gasteiger partial charge on any atom is 0.129 e. The summed E-state index contributed by atoms with van der Waals surface area (Å²) < 4.78 is 32.8. The Kier molecular flexibility index (Phi) is 5.11. The topological polar surface area (TPSA) is 21.3 Å². The van der Waals surface area contributed by atoms with Crippen molar-refractivity contribution in [2.24, 2.45) is 0 Å². The van der Waals surface area contributed by atoms with Crippen LogP contribution in [0.2, 0.25) is 0 Å². The van der Waals surface area contributed by atoms with Crippen molar-refractivity contribution < 1.29 is 13.5 Å². The Balaban J connectivity index is 2.16. The zero-order valence-electron chi connectivity index (χ0n) is 12.2. The highest BCUT2D eigenvalue weighted by Gasteiger charge is 2.36. The normalized spacial score (nSPS) is 24.6. The molecule has 20 heavy (non-hydrogen) atoms. The maximum atomic E-state index is 13.8. The summed E-state index contributed by atoms with van der Waals surface area (Å²) in [5.74, 6) is -1.02. The Morgan fingerprint density at radius 1 is 1.35 bits per heavy atom. The first-order chi connectivity index (χ1) is 9.55. The molecule has 0 saturated carbocycles. The van der Waals surface area contributed by atoms with Gasteiger partial charge in [-0.2, -0.15) is 0 Å².